The van der Waals surface area contributed by atoms with Gasteiger partial charge in [0, 0.05) is 12.6 Å². The molecule has 2 nitrogen and oxygen atoms in total. The average Bonchev–Trinajstić information content (AvgIpc) is 2.26. The molecule has 0 aromatic rings. The highest BCUT2D eigenvalue weighted by Crippen LogP contribution is 2.05. The standard InChI is InChI=1S/C14H31NO/c1-5-7-8-9-10-11-16-12-14(13(3)4)15-6-2/h13-15H,5-12H2,1-4H3. The summed E-state index contributed by atoms with van der Waals surface area (Å²) in [4.78, 5) is 0. The first-order valence-corrected chi connectivity index (χ1v) is 7.03. The van der Waals surface area contributed by atoms with Crippen molar-refractivity contribution in [1.29, 1.82) is 0 Å². The molecule has 0 aromatic carbocycles. The van der Waals surface area contributed by atoms with Crippen molar-refractivity contribution in [2.45, 2.75) is 65.8 Å². The highest BCUT2D eigenvalue weighted by Gasteiger charge is 2.11. The average molecular weight is 229 g/mol. The molecule has 0 saturated heterocycles. The van der Waals surface area contributed by atoms with Crippen LogP contribution in [0.2, 0.25) is 0 Å². The molecule has 0 aliphatic rings. The van der Waals surface area contributed by atoms with Crippen molar-refractivity contribution in [3.63, 3.8) is 0 Å². The van der Waals surface area contributed by atoms with Crippen LogP contribution in [0.25, 0.3) is 0 Å². The van der Waals surface area contributed by atoms with Gasteiger partial charge in [-0.2, -0.15) is 0 Å². The van der Waals surface area contributed by atoms with E-state index in [4.69, 9.17) is 4.74 Å². The SMILES string of the molecule is CCCCCCCOCC(NCC)C(C)C. The van der Waals surface area contributed by atoms with Crippen LogP contribution in [-0.4, -0.2) is 25.8 Å². The fourth-order valence-corrected chi connectivity index (χ4v) is 1.77. The third kappa shape index (κ3) is 9.17. The van der Waals surface area contributed by atoms with Gasteiger partial charge in [0.15, 0.2) is 0 Å². The van der Waals surface area contributed by atoms with Gasteiger partial charge in [-0.05, 0) is 18.9 Å². The zero-order valence-corrected chi connectivity index (χ0v) is 11.7. The van der Waals surface area contributed by atoms with Crippen LogP contribution in [-0.2, 0) is 4.74 Å². The van der Waals surface area contributed by atoms with Crippen molar-refractivity contribution in [1.82, 2.24) is 5.32 Å². The van der Waals surface area contributed by atoms with Crippen LogP contribution in [0.3, 0.4) is 0 Å². The Morgan fingerprint density at radius 3 is 2.25 bits per heavy atom. The molecule has 1 unspecified atom stereocenters. The summed E-state index contributed by atoms with van der Waals surface area (Å²) in [6.07, 6.45) is 6.59. The molecule has 0 rings (SSSR count). The van der Waals surface area contributed by atoms with Gasteiger partial charge in [-0.15, -0.1) is 0 Å². The molecule has 0 heterocycles. The summed E-state index contributed by atoms with van der Waals surface area (Å²) in [5, 5.41) is 3.47. The molecule has 0 spiro atoms. The van der Waals surface area contributed by atoms with Gasteiger partial charge in [-0.1, -0.05) is 53.4 Å². The van der Waals surface area contributed by atoms with Crippen molar-refractivity contribution in [3.05, 3.63) is 0 Å². The third-order valence-corrected chi connectivity index (χ3v) is 2.96. The van der Waals surface area contributed by atoms with Gasteiger partial charge in [-0.3, -0.25) is 0 Å². The highest BCUT2D eigenvalue weighted by molar-refractivity contribution is 4.68. The smallest absolute Gasteiger partial charge is 0.0622 e. The van der Waals surface area contributed by atoms with Crippen LogP contribution in [0, 0.1) is 5.92 Å². The minimum absolute atomic E-state index is 0.514. The lowest BCUT2D eigenvalue weighted by molar-refractivity contribution is 0.0954. The minimum Gasteiger partial charge on any atom is -0.380 e. The Labute approximate surface area is 102 Å². The van der Waals surface area contributed by atoms with Gasteiger partial charge in [0.25, 0.3) is 0 Å². The fraction of sp³-hybridized carbons (Fsp3) is 1.00. The number of hydrogen-bond acceptors (Lipinski definition) is 2. The largest absolute Gasteiger partial charge is 0.380 e. The number of rotatable bonds is 11. The molecule has 0 fully saturated rings. The predicted molar refractivity (Wildman–Crippen MR) is 71.9 cm³/mol. The Hall–Kier alpha value is -0.0800. The van der Waals surface area contributed by atoms with Crippen molar-refractivity contribution in [2.24, 2.45) is 5.92 Å². The Kier molecular flexibility index (Phi) is 11.3. The van der Waals surface area contributed by atoms with Gasteiger partial charge >= 0.3 is 0 Å². The molecule has 0 saturated carbocycles. The van der Waals surface area contributed by atoms with E-state index in [0.717, 1.165) is 19.8 Å². The molecular weight excluding hydrogens is 198 g/mol. The van der Waals surface area contributed by atoms with Crippen LogP contribution < -0.4 is 5.32 Å². The second-order valence-electron chi connectivity index (χ2n) is 4.90. The third-order valence-electron chi connectivity index (χ3n) is 2.96. The molecule has 2 heteroatoms. The normalized spacial score (nSPS) is 13.3. The summed E-state index contributed by atoms with van der Waals surface area (Å²) >= 11 is 0. The molecule has 0 aliphatic carbocycles. The lowest BCUT2D eigenvalue weighted by Crippen LogP contribution is -2.37. The zero-order chi connectivity index (χ0) is 12.2. The molecule has 98 valence electrons. The van der Waals surface area contributed by atoms with Gasteiger partial charge in [-0.25, -0.2) is 0 Å². The van der Waals surface area contributed by atoms with Crippen LogP contribution in [0.1, 0.15) is 59.8 Å². The van der Waals surface area contributed by atoms with Gasteiger partial charge < -0.3 is 10.1 Å². The van der Waals surface area contributed by atoms with E-state index in [1.807, 2.05) is 0 Å². The minimum atomic E-state index is 0.514. The molecule has 1 N–H and O–H groups in total. The molecule has 0 aromatic heterocycles. The first-order valence-electron chi connectivity index (χ1n) is 7.03. The highest BCUT2D eigenvalue weighted by atomic mass is 16.5. The Morgan fingerprint density at radius 2 is 1.69 bits per heavy atom. The Balaban J connectivity index is 3.33. The maximum absolute atomic E-state index is 5.73. The molecule has 0 bridgehead atoms. The lowest BCUT2D eigenvalue weighted by atomic mass is 10.1. The second-order valence-corrected chi connectivity index (χ2v) is 4.90. The van der Waals surface area contributed by atoms with E-state index in [-0.39, 0.29) is 0 Å². The molecule has 16 heavy (non-hydrogen) atoms. The molecule has 0 radical (unpaired) electrons. The van der Waals surface area contributed by atoms with Crippen molar-refractivity contribution >= 4 is 0 Å². The summed E-state index contributed by atoms with van der Waals surface area (Å²) in [5.74, 6) is 0.653. The van der Waals surface area contributed by atoms with E-state index in [9.17, 15) is 0 Å². The molecule has 1 atom stereocenters. The van der Waals surface area contributed by atoms with Gasteiger partial charge in [0.2, 0.25) is 0 Å². The summed E-state index contributed by atoms with van der Waals surface area (Å²) in [7, 11) is 0. The summed E-state index contributed by atoms with van der Waals surface area (Å²) in [5.41, 5.74) is 0. The van der Waals surface area contributed by atoms with Crippen LogP contribution in [0.15, 0.2) is 0 Å². The zero-order valence-electron chi connectivity index (χ0n) is 11.7. The number of unbranched alkanes of at least 4 members (excludes halogenated alkanes) is 4. The quantitative estimate of drug-likeness (QED) is 0.547. The van der Waals surface area contributed by atoms with Crippen LogP contribution in [0.5, 0.6) is 0 Å². The van der Waals surface area contributed by atoms with E-state index in [1.54, 1.807) is 0 Å². The maximum atomic E-state index is 5.73. The van der Waals surface area contributed by atoms with Gasteiger partial charge in [0.1, 0.15) is 0 Å². The van der Waals surface area contributed by atoms with Gasteiger partial charge in [0.05, 0.1) is 6.61 Å². The first-order chi connectivity index (χ1) is 7.72. The molecular formula is C14H31NO. The lowest BCUT2D eigenvalue weighted by Gasteiger charge is -2.21. The molecule has 0 amide bonds. The number of likely N-dealkylation sites (N-methyl/N-ethyl adjacent to an activating group) is 1. The van der Waals surface area contributed by atoms with E-state index < -0.39 is 0 Å². The topological polar surface area (TPSA) is 21.3 Å². The van der Waals surface area contributed by atoms with Crippen LogP contribution in [0.4, 0.5) is 0 Å². The summed E-state index contributed by atoms with van der Waals surface area (Å²) < 4.78 is 5.73. The van der Waals surface area contributed by atoms with E-state index >= 15 is 0 Å². The van der Waals surface area contributed by atoms with E-state index in [0.29, 0.717) is 12.0 Å². The number of nitrogens with one attached hydrogen (secondary N) is 1. The van der Waals surface area contributed by atoms with Crippen molar-refractivity contribution in [2.75, 3.05) is 19.8 Å². The first kappa shape index (κ1) is 15.9. The maximum Gasteiger partial charge on any atom is 0.0622 e. The fourth-order valence-electron chi connectivity index (χ4n) is 1.77. The van der Waals surface area contributed by atoms with Crippen molar-refractivity contribution in [3.8, 4) is 0 Å². The Morgan fingerprint density at radius 1 is 1.00 bits per heavy atom. The number of hydrogen-bond donors (Lipinski definition) is 1. The number of ether oxygens (including phenoxy) is 1. The second kappa shape index (κ2) is 11.4. The van der Waals surface area contributed by atoms with Crippen molar-refractivity contribution < 1.29 is 4.74 Å². The Bertz CT molecular complexity index is 137. The molecule has 0 aliphatic heterocycles. The predicted octanol–water partition coefficient (Wildman–Crippen LogP) is 3.61. The van der Waals surface area contributed by atoms with E-state index in [1.165, 1.54) is 32.1 Å². The summed E-state index contributed by atoms with van der Waals surface area (Å²) in [6.45, 7) is 11.7. The van der Waals surface area contributed by atoms with Crippen LogP contribution >= 0.6 is 0 Å². The summed E-state index contributed by atoms with van der Waals surface area (Å²) in [6, 6.07) is 0.514. The monoisotopic (exact) mass is 229 g/mol. The van der Waals surface area contributed by atoms with E-state index in [2.05, 4.69) is 33.0 Å².